The van der Waals surface area contributed by atoms with E-state index < -0.39 is 23.7 Å². The number of hydrogen-bond donors (Lipinski definition) is 1. The number of carbonyl (C=O) groups is 2. The second-order valence-electron chi connectivity index (χ2n) is 5.46. The predicted octanol–water partition coefficient (Wildman–Crippen LogP) is 1.29. The topological polar surface area (TPSA) is 97.6 Å². The molecule has 1 atom stereocenters. The third-order valence-electron chi connectivity index (χ3n) is 3.92. The van der Waals surface area contributed by atoms with Crippen molar-refractivity contribution < 1.29 is 23.8 Å². The first kappa shape index (κ1) is 17.3. The summed E-state index contributed by atoms with van der Waals surface area (Å²) in [6.07, 6.45) is 0. The Kier molecular flexibility index (Phi) is 4.69. The number of morpholine rings is 1. The molecule has 132 valence electrons. The summed E-state index contributed by atoms with van der Waals surface area (Å²) >= 11 is 5.77. The van der Waals surface area contributed by atoms with E-state index in [1.807, 2.05) is 0 Å². The lowest BCUT2D eigenvalue weighted by atomic mass is 10.2. The summed E-state index contributed by atoms with van der Waals surface area (Å²) in [4.78, 5) is 25.2. The summed E-state index contributed by atoms with van der Waals surface area (Å²) in [5.74, 6) is -2.27. The molecule has 0 bridgehead atoms. The van der Waals surface area contributed by atoms with Gasteiger partial charge >= 0.3 is 5.97 Å². The van der Waals surface area contributed by atoms with Crippen molar-refractivity contribution in [2.45, 2.75) is 13.0 Å². The minimum Gasteiger partial charge on any atom is -0.480 e. The Morgan fingerprint density at radius 3 is 2.88 bits per heavy atom. The number of halogens is 2. The number of amides is 1. The molecule has 1 aromatic carbocycles. The molecule has 1 amide bonds. The molecule has 1 aliphatic heterocycles. The molecule has 0 saturated carbocycles. The smallest absolute Gasteiger partial charge is 0.328 e. The van der Waals surface area contributed by atoms with E-state index in [1.165, 1.54) is 27.8 Å². The van der Waals surface area contributed by atoms with E-state index in [9.17, 15) is 19.1 Å². The third-order valence-corrected chi connectivity index (χ3v) is 4.21. The minimum atomic E-state index is -1.15. The largest absolute Gasteiger partial charge is 0.480 e. The molecule has 1 aromatic heterocycles. The fourth-order valence-electron chi connectivity index (χ4n) is 2.58. The fraction of sp³-hybridized carbons (Fsp3) is 0.333. The summed E-state index contributed by atoms with van der Waals surface area (Å²) in [6, 6.07) is 2.92. The molecule has 1 fully saturated rings. The Morgan fingerprint density at radius 2 is 2.20 bits per heavy atom. The number of rotatable bonds is 3. The average Bonchev–Trinajstić information content (AvgIpc) is 2.98. The van der Waals surface area contributed by atoms with Crippen molar-refractivity contribution in [3.05, 3.63) is 40.4 Å². The van der Waals surface area contributed by atoms with Crippen LogP contribution in [0.1, 0.15) is 16.2 Å². The van der Waals surface area contributed by atoms with Gasteiger partial charge in [0.05, 0.1) is 29.6 Å². The maximum Gasteiger partial charge on any atom is 0.328 e. The molecule has 0 aliphatic carbocycles. The number of carbonyl (C=O) groups excluding carboxylic acids is 1. The molecule has 0 radical (unpaired) electrons. The average molecular weight is 369 g/mol. The lowest BCUT2D eigenvalue weighted by molar-refractivity contribution is -0.147. The standard InChI is InChI=1S/C15H14ClFN4O4/c1-8-13(14(22)20-4-5-25-7-12(20)15(23)24)18-19-21(8)9-2-3-11(17)10(16)6-9/h2-3,6,12H,4-5,7H2,1H3,(H,23,24). The first-order valence-electron chi connectivity index (χ1n) is 7.39. The number of carboxylic acids is 1. The van der Waals surface area contributed by atoms with Crippen LogP contribution in [0.5, 0.6) is 0 Å². The van der Waals surface area contributed by atoms with Crippen molar-refractivity contribution >= 4 is 23.5 Å². The van der Waals surface area contributed by atoms with Crippen molar-refractivity contribution in [1.29, 1.82) is 0 Å². The van der Waals surface area contributed by atoms with Gasteiger partial charge in [0, 0.05) is 6.54 Å². The van der Waals surface area contributed by atoms with Gasteiger partial charge in [-0.2, -0.15) is 0 Å². The van der Waals surface area contributed by atoms with Gasteiger partial charge in [0.2, 0.25) is 0 Å². The van der Waals surface area contributed by atoms with Gasteiger partial charge in [-0.15, -0.1) is 5.10 Å². The van der Waals surface area contributed by atoms with Gasteiger partial charge in [0.1, 0.15) is 5.82 Å². The quantitative estimate of drug-likeness (QED) is 0.876. The predicted molar refractivity (Wildman–Crippen MR) is 84.3 cm³/mol. The zero-order valence-corrected chi connectivity index (χ0v) is 13.9. The van der Waals surface area contributed by atoms with Crippen LogP contribution in [0.15, 0.2) is 18.2 Å². The van der Waals surface area contributed by atoms with Crippen molar-refractivity contribution in [2.24, 2.45) is 0 Å². The van der Waals surface area contributed by atoms with E-state index in [0.717, 1.165) is 0 Å². The van der Waals surface area contributed by atoms with Crippen LogP contribution in [0.2, 0.25) is 5.02 Å². The van der Waals surface area contributed by atoms with Crippen LogP contribution in [-0.2, 0) is 9.53 Å². The lowest BCUT2D eigenvalue weighted by Gasteiger charge is -2.32. The van der Waals surface area contributed by atoms with Crippen molar-refractivity contribution in [2.75, 3.05) is 19.8 Å². The van der Waals surface area contributed by atoms with E-state index in [0.29, 0.717) is 11.4 Å². The van der Waals surface area contributed by atoms with Crippen molar-refractivity contribution in [1.82, 2.24) is 19.9 Å². The molecule has 3 rings (SSSR count). The molecule has 1 aliphatic rings. The maximum absolute atomic E-state index is 13.3. The van der Waals surface area contributed by atoms with Crippen molar-refractivity contribution in [3.8, 4) is 5.69 Å². The Labute approximate surface area is 146 Å². The van der Waals surface area contributed by atoms with Gasteiger partial charge in [-0.25, -0.2) is 13.9 Å². The van der Waals surface area contributed by atoms with E-state index in [1.54, 1.807) is 6.92 Å². The van der Waals surface area contributed by atoms with E-state index in [2.05, 4.69) is 10.3 Å². The monoisotopic (exact) mass is 368 g/mol. The van der Waals surface area contributed by atoms with E-state index in [-0.39, 0.29) is 30.5 Å². The molecule has 2 aromatic rings. The molecule has 0 spiro atoms. The maximum atomic E-state index is 13.3. The van der Waals surface area contributed by atoms with Crippen molar-refractivity contribution in [3.63, 3.8) is 0 Å². The van der Waals surface area contributed by atoms with Gasteiger partial charge in [-0.05, 0) is 25.1 Å². The van der Waals surface area contributed by atoms with E-state index in [4.69, 9.17) is 16.3 Å². The third kappa shape index (κ3) is 3.20. The number of carboxylic acid groups (broad SMARTS) is 1. The summed E-state index contributed by atoms with van der Waals surface area (Å²) in [5.41, 5.74) is 0.851. The highest BCUT2D eigenvalue weighted by molar-refractivity contribution is 6.30. The van der Waals surface area contributed by atoms with Crippen LogP contribution in [-0.4, -0.2) is 62.7 Å². The number of benzene rings is 1. The summed E-state index contributed by atoms with van der Waals surface area (Å²) < 4.78 is 19.8. The zero-order valence-electron chi connectivity index (χ0n) is 13.1. The Hall–Kier alpha value is -2.52. The van der Waals surface area contributed by atoms with Crippen LogP contribution < -0.4 is 0 Å². The molecule has 1 unspecified atom stereocenters. The SMILES string of the molecule is Cc1c(C(=O)N2CCOCC2C(=O)O)nnn1-c1ccc(F)c(Cl)c1. The molecule has 1 N–H and O–H groups in total. The molecule has 25 heavy (non-hydrogen) atoms. The van der Waals surface area contributed by atoms with Crippen LogP contribution in [0, 0.1) is 12.7 Å². The Balaban J connectivity index is 1.93. The van der Waals surface area contributed by atoms with Crippen LogP contribution in [0.4, 0.5) is 4.39 Å². The van der Waals surface area contributed by atoms with Crippen LogP contribution >= 0.6 is 11.6 Å². The molecule has 10 heteroatoms. The zero-order chi connectivity index (χ0) is 18.1. The Bertz CT molecular complexity index is 841. The molecular formula is C15H14ClFN4O4. The number of aliphatic carboxylic acids is 1. The summed E-state index contributed by atoms with van der Waals surface area (Å²) in [7, 11) is 0. The van der Waals surface area contributed by atoms with Crippen LogP contribution in [0.3, 0.4) is 0 Å². The highest BCUT2D eigenvalue weighted by atomic mass is 35.5. The number of ether oxygens (including phenoxy) is 1. The first-order valence-corrected chi connectivity index (χ1v) is 7.77. The highest BCUT2D eigenvalue weighted by Gasteiger charge is 2.35. The van der Waals surface area contributed by atoms with Gasteiger partial charge in [-0.3, -0.25) is 4.79 Å². The normalized spacial score (nSPS) is 17.6. The van der Waals surface area contributed by atoms with Gasteiger partial charge in [0.15, 0.2) is 11.7 Å². The van der Waals surface area contributed by atoms with E-state index >= 15 is 0 Å². The second-order valence-corrected chi connectivity index (χ2v) is 5.87. The lowest BCUT2D eigenvalue weighted by Crippen LogP contribution is -2.52. The number of nitrogens with zero attached hydrogens (tertiary/aromatic N) is 4. The molecular weight excluding hydrogens is 355 g/mol. The summed E-state index contributed by atoms with van der Waals surface area (Å²) in [5, 5.41) is 16.9. The molecule has 1 saturated heterocycles. The van der Waals surface area contributed by atoms with Gasteiger partial charge < -0.3 is 14.7 Å². The minimum absolute atomic E-state index is 0.0218. The number of hydrogen-bond acceptors (Lipinski definition) is 5. The number of aromatic nitrogens is 3. The van der Waals surface area contributed by atoms with Crippen LogP contribution in [0.25, 0.3) is 5.69 Å². The second kappa shape index (κ2) is 6.77. The molecule has 8 nitrogen and oxygen atoms in total. The Morgan fingerprint density at radius 1 is 1.44 bits per heavy atom. The summed E-state index contributed by atoms with van der Waals surface area (Å²) in [6.45, 7) is 1.92. The highest BCUT2D eigenvalue weighted by Crippen LogP contribution is 2.21. The first-order chi connectivity index (χ1) is 11.9. The fourth-order valence-corrected chi connectivity index (χ4v) is 2.75. The van der Waals surface area contributed by atoms with Gasteiger partial charge in [-0.1, -0.05) is 16.8 Å². The van der Waals surface area contributed by atoms with Gasteiger partial charge in [0.25, 0.3) is 5.91 Å². The molecule has 2 heterocycles.